The number of hydrogen-bond acceptors (Lipinski definition) is 3. The molecule has 0 unspecified atom stereocenters. The number of aliphatic imine (C=N–C) groups is 1. The van der Waals surface area contributed by atoms with Crippen molar-refractivity contribution in [2.75, 3.05) is 19.6 Å². The van der Waals surface area contributed by atoms with Crippen molar-refractivity contribution in [3.05, 3.63) is 35.4 Å². The maximum Gasteiger partial charge on any atom is 0.128 e. The number of amidine groups is 1. The summed E-state index contributed by atoms with van der Waals surface area (Å²) in [7, 11) is 0. The minimum Gasteiger partial charge on any atom is -0.368 e. The van der Waals surface area contributed by atoms with Gasteiger partial charge in [0.15, 0.2) is 0 Å². The largest absolute Gasteiger partial charge is 0.368 e. The molecule has 0 fully saturated rings. The lowest BCUT2D eigenvalue weighted by Gasteiger charge is -2.04. The van der Waals surface area contributed by atoms with E-state index in [0.717, 1.165) is 38.3 Å². The zero-order chi connectivity index (χ0) is 10.5. The molecule has 0 saturated heterocycles. The highest BCUT2D eigenvalue weighted by molar-refractivity contribution is 5.99. The maximum absolute atomic E-state index is 5.48. The van der Waals surface area contributed by atoms with Gasteiger partial charge >= 0.3 is 0 Å². The van der Waals surface area contributed by atoms with Crippen LogP contribution in [0.3, 0.4) is 0 Å². The van der Waals surface area contributed by atoms with E-state index in [1.165, 1.54) is 11.1 Å². The third kappa shape index (κ3) is 2.57. The van der Waals surface area contributed by atoms with Crippen LogP contribution < -0.4 is 11.1 Å². The molecular formula is C12H17N3. The van der Waals surface area contributed by atoms with Crippen LogP contribution in [0.4, 0.5) is 0 Å². The van der Waals surface area contributed by atoms with Crippen LogP contribution in [-0.2, 0) is 6.42 Å². The number of nitrogens with one attached hydrogen (secondary N) is 1. The second-order valence-corrected chi connectivity index (χ2v) is 3.75. The molecule has 1 aromatic carbocycles. The van der Waals surface area contributed by atoms with Crippen molar-refractivity contribution >= 4 is 5.84 Å². The van der Waals surface area contributed by atoms with E-state index >= 15 is 0 Å². The Balaban J connectivity index is 2.03. The van der Waals surface area contributed by atoms with Crippen LogP contribution >= 0.6 is 0 Å². The maximum atomic E-state index is 5.48. The summed E-state index contributed by atoms with van der Waals surface area (Å²) in [5.41, 5.74) is 8.01. The smallest absolute Gasteiger partial charge is 0.128 e. The Labute approximate surface area is 90.4 Å². The fourth-order valence-corrected chi connectivity index (χ4v) is 1.73. The van der Waals surface area contributed by atoms with E-state index in [4.69, 9.17) is 5.73 Å². The first-order valence-corrected chi connectivity index (χ1v) is 5.48. The highest BCUT2D eigenvalue weighted by Gasteiger charge is 2.06. The number of benzene rings is 1. The summed E-state index contributed by atoms with van der Waals surface area (Å²) >= 11 is 0. The topological polar surface area (TPSA) is 50.4 Å². The molecule has 0 amide bonds. The summed E-state index contributed by atoms with van der Waals surface area (Å²) in [4.78, 5) is 4.38. The van der Waals surface area contributed by atoms with Crippen molar-refractivity contribution in [2.45, 2.75) is 12.8 Å². The Morgan fingerprint density at radius 1 is 1.27 bits per heavy atom. The number of nitrogens with zero attached hydrogens (tertiary/aromatic N) is 1. The fraction of sp³-hybridized carbons (Fsp3) is 0.417. The second kappa shape index (κ2) is 4.94. The quantitative estimate of drug-likeness (QED) is 0.764. The molecule has 3 heteroatoms. The second-order valence-electron chi connectivity index (χ2n) is 3.75. The average molecular weight is 203 g/mol. The molecule has 0 spiro atoms. The van der Waals surface area contributed by atoms with Crippen molar-refractivity contribution in [1.82, 2.24) is 5.32 Å². The van der Waals surface area contributed by atoms with Gasteiger partial charge in [-0.15, -0.1) is 0 Å². The normalized spacial score (nSPS) is 14.9. The van der Waals surface area contributed by atoms with Gasteiger partial charge < -0.3 is 11.1 Å². The van der Waals surface area contributed by atoms with Gasteiger partial charge in [0.2, 0.25) is 0 Å². The van der Waals surface area contributed by atoms with Gasteiger partial charge in [-0.25, -0.2) is 0 Å². The molecule has 1 aliphatic heterocycles. The van der Waals surface area contributed by atoms with E-state index in [1.54, 1.807) is 0 Å². The van der Waals surface area contributed by atoms with Crippen LogP contribution in [-0.4, -0.2) is 25.5 Å². The molecule has 80 valence electrons. The molecule has 0 aromatic heterocycles. The molecule has 1 aromatic rings. The summed E-state index contributed by atoms with van der Waals surface area (Å²) in [6, 6.07) is 8.58. The SMILES string of the molecule is NCCCc1ccc(C2=NCCN2)cc1. The molecule has 0 bridgehead atoms. The first-order valence-electron chi connectivity index (χ1n) is 5.48. The zero-order valence-electron chi connectivity index (χ0n) is 8.87. The first kappa shape index (κ1) is 10.2. The Kier molecular flexibility index (Phi) is 3.35. The molecule has 15 heavy (non-hydrogen) atoms. The van der Waals surface area contributed by atoms with E-state index in [0.29, 0.717) is 0 Å². The molecule has 0 radical (unpaired) electrons. The third-order valence-electron chi connectivity index (χ3n) is 2.57. The minimum absolute atomic E-state index is 0.760. The Morgan fingerprint density at radius 3 is 2.67 bits per heavy atom. The van der Waals surface area contributed by atoms with Gasteiger partial charge in [0.05, 0.1) is 6.54 Å². The van der Waals surface area contributed by atoms with Crippen molar-refractivity contribution in [2.24, 2.45) is 10.7 Å². The monoisotopic (exact) mass is 203 g/mol. The summed E-state index contributed by atoms with van der Waals surface area (Å²) in [6.07, 6.45) is 2.12. The van der Waals surface area contributed by atoms with E-state index < -0.39 is 0 Å². The van der Waals surface area contributed by atoms with Crippen molar-refractivity contribution in [1.29, 1.82) is 0 Å². The lowest BCUT2D eigenvalue weighted by Crippen LogP contribution is -2.19. The Morgan fingerprint density at radius 2 is 2.07 bits per heavy atom. The molecule has 0 atom stereocenters. The fourth-order valence-electron chi connectivity index (χ4n) is 1.73. The molecule has 0 saturated carbocycles. The van der Waals surface area contributed by atoms with Crippen LogP contribution in [0.5, 0.6) is 0 Å². The summed E-state index contributed by atoms with van der Waals surface area (Å²) in [6.45, 7) is 2.62. The molecule has 3 N–H and O–H groups in total. The third-order valence-corrected chi connectivity index (χ3v) is 2.57. The van der Waals surface area contributed by atoms with Crippen LogP contribution in [0.25, 0.3) is 0 Å². The van der Waals surface area contributed by atoms with E-state index in [2.05, 4.69) is 34.6 Å². The predicted molar refractivity (Wildman–Crippen MR) is 63.2 cm³/mol. The van der Waals surface area contributed by atoms with Crippen molar-refractivity contribution in [3.8, 4) is 0 Å². The number of rotatable bonds is 4. The molecule has 0 aliphatic carbocycles. The Hall–Kier alpha value is -1.35. The van der Waals surface area contributed by atoms with Crippen LogP contribution in [0, 0.1) is 0 Å². The van der Waals surface area contributed by atoms with Gasteiger partial charge in [0.1, 0.15) is 5.84 Å². The highest BCUT2D eigenvalue weighted by Crippen LogP contribution is 2.08. The summed E-state index contributed by atoms with van der Waals surface area (Å²) in [5, 5.41) is 3.27. The van der Waals surface area contributed by atoms with Gasteiger partial charge in [-0.1, -0.05) is 24.3 Å². The van der Waals surface area contributed by atoms with E-state index in [9.17, 15) is 0 Å². The Bertz CT molecular complexity index is 340. The molecular weight excluding hydrogens is 186 g/mol. The molecule has 1 aliphatic rings. The van der Waals surface area contributed by atoms with Gasteiger partial charge in [-0.2, -0.15) is 0 Å². The first-order chi connectivity index (χ1) is 7.40. The van der Waals surface area contributed by atoms with Crippen LogP contribution in [0.1, 0.15) is 17.5 Å². The predicted octanol–water partition coefficient (Wildman–Crippen LogP) is 0.928. The minimum atomic E-state index is 0.760. The van der Waals surface area contributed by atoms with Gasteiger partial charge in [0, 0.05) is 12.1 Å². The van der Waals surface area contributed by atoms with Gasteiger partial charge in [-0.05, 0) is 24.9 Å². The zero-order valence-corrected chi connectivity index (χ0v) is 8.87. The standard InChI is InChI=1S/C12H17N3/c13-7-1-2-10-3-5-11(6-4-10)12-14-8-9-15-12/h3-6H,1-2,7-9,13H2,(H,14,15). The van der Waals surface area contributed by atoms with E-state index in [-0.39, 0.29) is 0 Å². The molecule has 1 heterocycles. The summed E-state index contributed by atoms with van der Waals surface area (Å²) < 4.78 is 0. The van der Waals surface area contributed by atoms with Crippen LogP contribution in [0.15, 0.2) is 29.3 Å². The van der Waals surface area contributed by atoms with Gasteiger partial charge in [0.25, 0.3) is 0 Å². The lowest BCUT2D eigenvalue weighted by atomic mass is 10.1. The van der Waals surface area contributed by atoms with E-state index in [1.807, 2.05) is 0 Å². The lowest BCUT2D eigenvalue weighted by molar-refractivity contribution is 0.832. The van der Waals surface area contributed by atoms with Crippen LogP contribution in [0.2, 0.25) is 0 Å². The summed E-state index contributed by atoms with van der Waals surface area (Å²) in [5.74, 6) is 1.03. The average Bonchev–Trinajstić information content (AvgIpc) is 2.80. The highest BCUT2D eigenvalue weighted by atomic mass is 15.1. The van der Waals surface area contributed by atoms with Crippen molar-refractivity contribution in [3.63, 3.8) is 0 Å². The van der Waals surface area contributed by atoms with Gasteiger partial charge in [-0.3, -0.25) is 4.99 Å². The number of nitrogens with two attached hydrogens (primary N) is 1. The number of aryl methyl sites for hydroxylation is 1. The number of hydrogen-bond donors (Lipinski definition) is 2. The van der Waals surface area contributed by atoms with Crippen molar-refractivity contribution < 1.29 is 0 Å². The molecule has 2 rings (SSSR count). The molecule has 3 nitrogen and oxygen atoms in total.